The van der Waals surface area contributed by atoms with E-state index in [4.69, 9.17) is 5.11 Å². The molecule has 2 N–H and O–H groups in total. The van der Waals surface area contributed by atoms with Crippen LogP contribution >= 0.6 is 0 Å². The number of aliphatic hydroxyl groups excluding tert-OH is 1. The Hall–Kier alpha value is -1.86. The lowest BCUT2D eigenvalue weighted by atomic mass is 9.81. The van der Waals surface area contributed by atoms with E-state index in [0.29, 0.717) is 11.5 Å². The monoisotopic (exact) mass is 259 g/mol. The highest BCUT2D eigenvalue weighted by atomic mass is 16.4. The predicted octanol–water partition coefficient (Wildman–Crippen LogP) is 2.72. The van der Waals surface area contributed by atoms with E-state index in [2.05, 4.69) is 6.07 Å². The first kappa shape index (κ1) is 13.6. The number of nitriles is 1. The molecule has 1 fully saturated rings. The van der Waals surface area contributed by atoms with Crippen molar-refractivity contribution in [3.63, 3.8) is 0 Å². The smallest absolute Gasteiger partial charge is 0.337 e. The van der Waals surface area contributed by atoms with Crippen LogP contribution in [0.2, 0.25) is 0 Å². The highest BCUT2D eigenvalue weighted by Crippen LogP contribution is 2.35. The average Bonchev–Trinajstić information content (AvgIpc) is 2.46. The Morgan fingerprint density at radius 1 is 1.32 bits per heavy atom. The molecule has 1 aliphatic carbocycles. The van der Waals surface area contributed by atoms with Crippen molar-refractivity contribution in [1.82, 2.24) is 0 Å². The van der Waals surface area contributed by atoms with Gasteiger partial charge in [0.25, 0.3) is 0 Å². The summed E-state index contributed by atoms with van der Waals surface area (Å²) >= 11 is 0. The van der Waals surface area contributed by atoms with Crippen molar-refractivity contribution in [2.45, 2.75) is 44.1 Å². The average molecular weight is 259 g/mol. The predicted molar refractivity (Wildman–Crippen MR) is 69.6 cm³/mol. The number of carboxylic acid groups (broad SMARTS) is 1. The van der Waals surface area contributed by atoms with Crippen molar-refractivity contribution in [2.24, 2.45) is 0 Å². The van der Waals surface area contributed by atoms with E-state index in [9.17, 15) is 15.2 Å². The van der Waals surface area contributed by atoms with Gasteiger partial charge in [-0.1, -0.05) is 31.4 Å². The van der Waals surface area contributed by atoms with Crippen LogP contribution < -0.4 is 0 Å². The van der Waals surface area contributed by atoms with Crippen molar-refractivity contribution in [3.8, 4) is 6.07 Å². The molecule has 100 valence electrons. The van der Waals surface area contributed by atoms with Crippen LogP contribution in [0.1, 0.15) is 60.8 Å². The van der Waals surface area contributed by atoms with Crippen molar-refractivity contribution in [2.75, 3.05) is 0 Å². The second kappa shape index (κ2) is 5.85. The fourth-order valence-electron chi connectivity index (χ4n) is 2.75. The molecule has 4 nitrogen and oxygen atoms in total. The van der Waals surface area contributed by atoms with Crippen LogP contribution in [0.5, 0.6) is 0 Å². The van der Waals surface area contributed by atoms with E-state index in [-0.39, 0.29) is 5.56 Å². The van der Waals surface area contributed by atoms with Gasteiger partial charge in [-0.25, -0.2) is 4.79 Å². The highest BCUT2D eigenvalue weighted by molar-refractivity contribution is 5.74. The summed E-state index contributed by atoms with van der Waals surface area (Å²) in [7, 11) is 0. The van der Waals surface area contributed by atoms with Crippen LogP contribution in [0.15, 0.2) is 18.2 Å². The van der Waals surface area contributed by atoms with Gasteiger partial charge < -0.3 is 10.2 Å². The van der Waals surface area contributed by atoms with Gasteiger partial charge in [-0.05, 0) is 36.0 Å². The molecule has 1 aromatic carbocycles. The topological polar surface area (TPSA) is 81.3 Å². The third kappa shape index (κ3) is 2.94. The molecule has 2 rings (SSSR count). The lowest BCUT2D eigenvalue weighted by molar-refractivity contribution is -0.146. The Kier molecular flexibility index (Phi) is 4.18. The summed E-state index contributed by atoms with van der Waals surface area (Å²) < 4.78 is 0. The van der Waals surface area contributed by atoms with E-state index in [1.165, 1.54) is 25.3 Å². The molecule has 0 aliphatic heterocycles. The zero-order valence-electron chi connectivity index (χ0n) is 10.7. The summed E-state index contributed by atoms with van der Waals surface area (Å²) in [6, 6.07) is 7.04. The Labute approximate surface area is 112 Å². The lowest BCUT2D eigenvalue weighted by Crippen LogP contribution is -2.12. The first-order valence-electron chi connectivity index (χ1n) is 6.58. The molecular formula is C15H17NO3. The minimum Gasteiger partial charge on any atom is -0.479 e. The Bertz CT molecular complexity index is 513. The molecule has 19 heavy (non-hydrogen) atoms. The van der Waals surface area contributed by atoms with Crippen molar-refractivity contribution in [3.05, 3.63) is 34.9 Å². The molecule has 0 aromatic heterocycles. The molecule has 0 spiro atoms. The van der Waals surface area contributed by atoms with E-state index in [1.807, 2.05) is 0 Å². The molecule has 0 amide bonds. The van der Waals surface area contributed by atoms with E-state index < -0.39 is 12.1 Å². The maximum Gasteiger partial charge on any atom is 0.337 e. The van der Waals surface area contributed by atoms with Crippen LogP contribution in [0.25, 0.3) is 0 Å². The Morgan fingerprint density at radius 2 is 2.00 bits per heavy atom. The quantitative estimate of drug-likeness (QED) is 0.874. The van der Waals surface area contributed by atoms with E-state index in [0.717, 1.165) is 18.4 Å². The summed E-state index contributed by atoms with van der Waals surface area (Å²) in [5.41, 5.74) is 1.75. The summed E-state index contributed by atoms with van der Waals surface area (Å²) in [5, 5.41) is 27.5. The Balaban J connectivity index is 2.31. The number of carbonyl (C=O) groups is 1. The zero-order valence-corrected chi connectivity index (χ0v) is 10.7. The number of aliphatic carboxylic acids is 1. The third-order valence-electron chi connectivity index (χ3n) is 3.79. The van der Waals surface area contributed by atoms with Crippen LogP contribution in [0.3, 0.4) is 0 Å². The molecule has 1 unspecified atom stereocenters. The van der Waals surface area contributed by atoms with Gasteiger partial charge >= 0.3 is 5.97 Å². The Morgan fingerprint density at radius 3 is 2.58 bits per heavy atom. The lowest BCUT2D eigenvalue weighted by Gasteiger charge is -2.23. The van der Waals surface area contributed by atoms with Gasteiger partial charge in [0.05, 0.1) is 11.6 Å². The molecule has 1 aliphatic rings. The van der Waals surface area contributed by atoms with Crippen LogP contribution in [0, 0.1) is 11.3 Å². The van der Waals surface area contributed by atoms with Crippen molar-refractivity contribution in [1.29, 1.82) is 5.26 Å². The number of hydrogen-bond acceptors (Lipinski definition) is 3. The largest absolute Gasteiger partial charge is 0.479 e. The number of carboxylic acids is 1. The van der Waals surface area contributed by atoms with Gasteiger partial charge in [0.15, 0.2) is 6.10 Å². The zero-order chi connectivity index (χ0) is 13.8. The molecule has 1 atom stereocenters. The number of hydrogen-bond donors (Lipinski definition) is 2. The van der Waals surface area contributed by atoms with Crippen LogP contribution in [0.4, 0.5) is 0 Å². The molecule has 0 bridgehead atoms. The van der Waals surface area contributed by atoms with Gasteiger partial charge in [-0.15, -0.1) is 0 Å². The maximum absolute atomic E-state index is 10.8. The van der Waals surface area contributed by atoms with E-state index in [1.54, 1.807) is 12.1 Å². The van der Waals surface area contributed by atoms with Crippen LogP contribution in [-0.4, -0.2) is 16.2 Å². The number of aliphatic hydroxyl groups is 1. The highest BCUT2D eigenvalue weighted by Gasteiger charge is 2.21. The summed E-state index contributed by atoms with van der Waals surface area (Å²) in [6.07, 6.45) is 4.19. The van der Waals surface area contributed by atoms with Gasteiger partial charge in [-0.3, -0.25) is 0 Å². The number of benzene rings is 1. The molecule has 4 heteroatoms. The normalized spacial score (nSPS) is 17.7. The molecule has 0 saturated heterocycles. The van der Waals surface area contributed by atoms with Gasteiger partial charge in [0, 0.05) is 0 Å². The molecule has 0 heterocycles. The third-order valence-corrected chi connectivity index (χ3v) is 3.79. The number of rotatable bonds is 3. The molecule has 1 saturated carbocycles. The fraction of sp³-hybridized carbons (Fsp3) is 0.467. The summed E-state index contributed by atoms with van der Waals surface area (Å²) in [5.74, 6) is -0.909. The second-order valence-electron chi connectivity index (χ2n) is 5.03. The SMILES string of the molecule is N#Cc1cc(C(O)C(=O)O)ccc1C1CCCCC1. The first-order chi connectivity index (χ1) is 9.13. The van der Waals surface area contributed by atoms with Gasteiger partial charge in [0.1, 0.15) is 0 Å². The first-order valence-corrected chi connectivity index (χ1v) is 6.58. The number of nitrogens with zero attached hydrogens (tertiary/aromatic N) is 1. The molecule has 0 radical (unpaired) electrons. The van der Waals surface area contributed by atoms with E-state index >= 15 is 0 Å². The summed E-state index contributed by atoms with van der Waals surface area (Å²) in [6.45, 7) is 0. The standard InChI is InChI=1S/C15H17NO3/c16-9-12-8-11(14(17)15(18)19)6-7-13(12)10-4-2-1-3-5-10/h6-8,10,14,17H,1-5H2,(H,18,19). The van der Waals surface area contributed by atoms with Crippen molar-refractivity contribution < 1.29 is 15.0 Å². The van der Waals surface area contributed by atoms with Gasteiger partial charge in [0.2, 0.25) is 0 Å². The van der Waals surface area contributed by atoms with Gasteiger partial charge in [-0.2, -0.15) is 5.26 Å². The minimum absolute atomic E-state index is 0.267. The molecule has 1 aromatic rings. The fourth-order valence-corrected chi connectivity index (χ4v) is 2.75. The van der Waals surface area contributed by atoms with Crippen molar-refractivity contribution >= 4 is 5.97 Å². The maximum atomic E-state index is 10.8. The summed E-state index contributed by atoms with van der Waals surface area (Å²) in [4.78, 5) is 10.8. The van der Waals surface area contributed by atoms with Crippen LogP contribution in [-0.2, 0) is 4.79 Å². The minimum atomic E-state index is -1.56. The molecular weight excluding hydrogens is 242 g/mol. The second-order valence-corrected chi connectivity index (χ2v) is 5.03.